The van der Waals surface area contributed by atoms with E-state index < -0.39 is 0 Å². The third-order valence-electron chi connectivity index (χ3n) is 3.53. The van der Waals surface area contributed by atoms with Gasteiger partial charge in [-0.2, -0.15) is 0 Å². The van der Waals surface area contributed by atoms with Gasteiger partial charge in [-0.1, -0.05) is 24.3 Å². The predicted octanol–water partition coefficient (Wildman–Crippen LogP) is 3.06. The van der Waals surface area contributed by atoms with Crippen LogP contribution in [0.2, 0.25) is 0 Å². The highest BCUT2D eigenvalue weighted by Crippen LogP contribution is 2.32. The average molecular weight is 239 g/mol. The monoisotopic (exact) mass is 239 g/mol. The highest BCUT2D eigenvalue weighted by Gasteiger charge is 2.13. The zero-order chi connectivity index (χ0) is 12.5. The first-order valence-electron chi connectivity index (χ1n) is 6.33. The number of ether oxygens (including phenoxy) is 1. The highest BCUT2D eigenvalue weighted by atomic mass is 16.5. The minimum Gasteiger partial charge on any atom is -0.493 e. The van der Waals surface area contributed by atoms with E-state index in [1.807, 2.05) is 0 Å². The van der Waals surface area contributed by atoms with Crippen molar-refractivity contribution in [2.24, 2.45) is 5.73 Å². The van der Waals surface area contributed by atoms with Gasteiger partial charge in [-0.15, -0.1) is 0 Å². The van der Waals surface area contributed by atoms with Crippen LogP contribution in [0, 0.1) is 6.92 Å². The zero-order valence-electron chi connectivity index (χ0n) is 10.6. The topological polar surface area (TPSA) is 35.2 Å². The number of aryl methyl sites for hydroxylation is 1. The molecule has 1 aliphatic heterocycles. The minimum atomic E-state index is 0.596. The molecule has 0 spiro atoms. The van der Waals surface area contributed by atoms with Crippen LogP contribution in [0.1, 0.15) is 16.7 Å². The second-order valence-corrected chi connectivity index (χ2v) is 4.77. The molecule has 0 saturated heterocycles. The van der Waals surface area contributed by atoms with Crippen molar-refractivity contribution in [2.75, 3.05) is 6.61 Å². The molecule has 92 valence electrons. The SMILES string of the molecule is Cc1cc(CN)ccc1-c1ccc2c(c1)CCO2. The van der Waals surface area contributed by atoms with Gasteiger partial charge in [0.25, 0.3) is 0 Å². The fraction of sp³-hybridized carbons (Fsp3) is 0.250. The third kappa shape index (κ3) is 1.89. The van der Waals surface area contributed by atoms with Gasteiger partial charge in [0.15, 0.2) is 0 Å². The molecule has 0 fully saturated rings. The first kappa shape index (κ1) is 11.3. The molecule has 2 aromatic carbocycles. The summed E-state index contributed by atoms with van der Waals surface area (Å²) < 4.78 is 5.54. The first-order chi connectivity index (χ1) is 8.78. The van der Waals surface area contributed by atoms with Crippen molar-refractivity contribution in [3.63, 3.8) is 0 Å². The lowest BCUT2D eigenvalue weighted by molar-refractivity contribution is 0.357. The Morgan fingerprint density at radius 3 is 2.83 bits per heavy atom. The smallest absolute Gasteiger partial charge is 0.122 e. The van der Waals surface area contributed by atoms with E-state index >= 15 is 0 Å². The summed E-state index contributed by atoms with van der Waals surface area (Å²) in [5.74, 6) is 1.04. The molecule has 18 heavy (non-hydrogen) atoms. The molecule has 2 nitrogen and oxygen atoms in total. The largest absolute Gasteiger partial charge is 0.493 e. The summed E-state index contributed by atoms with van der Waals surface area (Å²) in [6.07, 6.45) is 1.02. The van der Waals surface area contributed by atoms with Crippen LogP contribution in [0.15, 0.2) is 36.4 Å². The van der Waals surface area contributed by atoms with Crippen molar-refractivity contribution in [2.45, 2.75) is 19.9 Å². The third-order valence-corrected chi connectivity index (χ3v) is 3.53. The lowest BCUT2D eigenvalue weighted by Gasteiger charge is -2.09. The summed E-state index contributed by atoms with van der Waals surface area (Å²) in [6.45, 7) is 3.54. The Morgan fingerprint density at radius 2 is 2.06 bits per heavy atom. The van der Waals surface area contributed by atoms with Crippen LogP contribution in [-0.2, 0) is 13.0 Å². The fourth-order valence-electron chi connectivity index (χ4n) is 2.53. The van der Waals surface area contributed by atoms with Crippen molar-refractivity contribution in [1.29, 1.82) is 0 Å². The Balaban J connectivity index is 2.04. The zero-order valence-corrected chi connectivity index (χ0v) is 10.6. The Kier molecular flexibility index (Phi) is 2.80. The normalized spacial score (nSPS) is 13.2. The summed E-state index contributed by atoms with van der Waals surface area (Å²) in [6, 6.07) is 12.9. The van der Waals surface area contributed by atoms with Crippen molar-refractivity contribution < 1.29 is 4.74 Å². The average Bonchev–Trinajstić information content (AvgIpc) is 2.85. The molecular weight excluding hydrogens is 222 g/mol. The number of nitrogens with two attached hydrogens (primary N) is 1. The van der Waals surface area contributed by atoms with Crippen molar-refractivity contribution >= 4 is 0 Å². The summed E-state index contributed by atoms with van der Waals surface area (Å²) in [5.41, 5.74) is 12.0. The molecule has 0 unspecified atom stereocenters. The van der Waals surface area contributed by atoms with Crippen LogP contribution in [0.5, 0.6) is 5.75 Å². The molecule has 1 heterocycles. The van der Waals surface area contributed by atoms with E-state index in [4.69, 9.17) is 10.5 Å². The van der Waals surface area contributed by atoms with Crippen LogP contribution in [0.3, 0.4) is 0 Å². The molecule has 0 bridgehead atoms. The Bertz CT molecular complexity index is 590. The molecule has 0 atom stereocenters. The van der Waals surface area contributed by atoms with Crippen LogP contribution < -0.4 is 10.5 Å². The predicted molar refractivity (Wildman–Crippen MR) is 73.7 cm³/mol. The first-order valence-corrected chi connectivity index (χ1v) is 6.33. The molecule has 2 aromatic rings. The van der Waals surface area contributed by atoms with Crippen molar-refractivity contribution in [3.05, 3.63) is 53.1 Å². The number of rotatable bonds is 2. The van der Waals surface area contributed by atoms with Crippen LogP contribution >= 0.6 is 0 Å². The van der Waals surface area contributed by atoms with Gasteiger partial charge in [0.05, 0.1) is 6.61 Å². The molecule has 0 saturated carbocycles. The summed E-state index contributed by atoms with van der Waals surface area (Å²) in [7, 11) is 0. The molecular formula is C16H17NO. The van der Waals surface area contributed by atoms with Gasteiger partial charge in [-0.3, -0.25) is 0 Å². The maximum absolute atomic E-state index is 5.66. The van der Waals surface area contributed by atoms with Gasteiger partial charge >= 0.3 is 0 Å². The van der Waals surface area contributed by atoms with E-state index in [1.54, 1.807) is 0 Å². The van der Waals surface area contributed by atoms with Crippen LogP contribution in [0.4, 0.5) is 0 Å². The second-order valence-electron chi connectivity index (χ2n) is 4.77. The van der Waals surface area contributed by atoms with E-state index in [0.29, 0.717) is 6.54 Å². The number of fused-ring (bicyclic) bond motifs is 1. The number of hydrogen-bond acceptors (Lipinski definition) is 2. The van der Waals surface area contributed by atoms with Crippen molar-refractivity contribution in [3.8, 4) is 16.9 Å². The maximum atomic E-state index is 5.66. The summed E-state index contributed by atoms with van der Waals surface area (Å²) in [4.78, 5) is 0. The molecule has 2 N–H and O–H groups in total. The molecule has 0 amide bonds. The van der Waals surface area contributed by atoms with Gasteiger partial charge in [0.1, 0.15) is 5.75 Å². The van der Waals surface area contributed by atoms with Gasteiger partial charge in [0.2, 0.25) is 0 Å². The van der Waals surface area contributed by atoms with Gasteiger partial charge in [0, 0.05) is 13.0 Å². The number of benzene rings is 2. The summed E-state index contributed by atoms with van der Waals surface area (Å²) in [5, 5.41) is 0. The molecule has 1 aliphatic rings. The molecule has 0 aliphatic carbocycles. The van der Waals surface area contributed by atoms with E-state index in [-0.39, 0.29) is 0 Å². The molecule has 2 heteroatoms. The highest BCUT2D eigenvalue weighted by molar-refractivity contribution is 5.69. The lowest BCUT2D eigenvalue weighted by atomic mass is 9.96. The molecule has 0 aromatic heterocycles. The fourth-order valence-corrected chi connectivity index (χ4v) is 2.53. The quantitative estimate of drug-likeness (QED) is 0.874. The molecule has 0 radical (unpaired) electrons. The maximum Gasteiger partial charge on any atom is 0.122 e. The standard InChI is InChI=1S/C16H17NO/c1-11-8-12(10-17)2-4-15(11)13-3-5-16-14(9-13)6-7-18-16/h2-5,8-9H,6-7,10,17H2,1H3. The van der Waals surface area contributed by atoms with Gasteiger partial charge in [-0.25, -0.2) is 0 Å². The summed E-state index contributed by atoms with van der Waals surface area (Å²) >= 11 is 0. The van der Waals surface area contributed by atoms with E-state index in [2.05, 4.69) is 43.3 Å². The molecule has 3 rings (SSSR count). The van der Waals surface area contributed by atoms with E-state index in [0.717, 1.165) is 18.8 Å². The Hall–Kier alpha value is -1.80. The lowest BCUT2D eigenvalue weighted by Crippen LogP contribution is -1.97. The van der Waals surface area contributed by atoms with Gasteiger partial charge < -0.3 is 10.5 Å². The van der Waals surface area contributed by atoms with E-state index in [9.17, 15) is 0 Å². The Labute approximate surface area is 107 Å². The van der Waals surface area contributed by atoms with Crippen LogP contribution in [-0.4, -0.2) is 6.61 Å². The number of hydrogen-bond donors (Lipinski definition) is 1. The Morgan fingerprint density at radius 1 is 1.17 bits per heavy atom. The minimum absolute atomic E-state index is 0.596. The van der Waals surface area contributed by atoms with Gasteiger partial charge in [-0.05, 0) is 46.9 Å². The van der Waals surface area contributed by atoms with Crippen molar-refractivity contribution in [1.82, 2.24) is 0 Å². The van der Waals surface area contributed by atoms with E-state index in [1.165, 1.54) is 27.8 Å². The van der Waals surface area contributed by atoms with Crippen LogP contribution in [0.25, 0.3) is 11.1 Å². The second kappa shape index (κ2) is 4.46.